The number of hydrogen-bond acceptors (Lipinski definition) is 4. The monoisotopic (exact) mass is 404 g/mol. The maximum absolute atomic E-state index is 12.9. The van der Waals surface area contributed by atoms with E-state index in [1.165, 1.54) is 6.07 Å². The quantitative estimate of drug-likeness (QED) is 0.562. The van der Waals surface area contributed by atoms with Crippen LogP contribution < -0.4 is 4.90 Å². The molecule has 0 spiro atoms. The van der Waals surface area contributed by atoms with Gasteiger partial charge in [0.05, 0.1) is 5.56 Å². The molecule has 2 atom stereocenters. The Bertz CT molecular complexity index is 912. The average molecular weight is 404 g/mol. The maximum atomic E-state index is 12.9. The summed E-state index contributed by atoms with van der Waals surface area (Å²) in [5, 5.41) is 0. The molecule has 2 unspecified atom stereocenters. The van der Waals surface area contributed by atoms with Gasteiger partial charge >= 0.3 is 12.1 Å². The number of amides is 1. The van der Waals surface area contributed by atoms with Crippen LogP contribution in [0, 0.1) is 5.92 Å². The second-order valence-electron chi connectivity index (χ2n) is 7.12. The van der Waals surface area contributed by atoms with Gasteiger partial charge < -0.3 is 14.5 Å². The molecular formula is C21H19F3N2O3. The van der Waals surface area contributed by atoms with E-state index >= 15 is 0 Å². The predicted molar refractivity (Wildman–Crippen MR) is 100.0 cm³/mol. The van der Waals surface area contributed by atoms with E-state index in [-0.39, 0.29) is 17.6 Å². The first-order chi connectivity index (χ1) is 13.8. The van der Waals surface area contributed by atoms with Crippen LogP contribution in [0.15, 0.2) is 60.2 Å². The molecule has 1 aliphatic carbocycles. The van der Waals surface area contributed by atoms with Crippen molar-refractivity contribution in [2.24, 2.45) is 5.92 Å². The molecule has 0 N–H and O–H groups in total. The number of benzene rings is 1. The van der Waals surface area contributed by atoms with Gasteiger partial charge in [0.15, 0.2) is 0 Å². The molecule has 2 heterocycles. The Balaban J connectivity index is 1.43. The van der Waals surface area contributed by atoms with Crippen LogP contribution in [0.5, 0.6) is 0 Å². The van der Waals surface area contributed by atoms with Gasteiger partial charge in [0.2, 0.25) is 0 Å². The topological polar surface area (TPSA) is 49.9 Å². The van der Waals surface area contributed by atoms with E-state index in [2.05, 4.69) is 0 Å². The van der Waals surface area contributed by atoms with Crippen LogP contribution in [0.4, 0.5) is 18.9 Å². The highest BCUT2D eigenvalue weighted by Crippen LogP contribution is 2.32. The number of fused-ring (bicyclic) bond motifs is 1. The van der Waals surface area contributed by atoms with Crippen molar-refractivity contribution in [1.82, 2.24) is 4.90 Å². The largest absolute Gasteiger partial charge is 0.453 e. The standard InChI is InChI=1S/C21H19F3N2O3/c22-21(23,24)15-5-3-6-16(13-15)25-8-10-26(11-9-25)19(27)17-12-14-4-1-2-7-18(14)29-20(17)28/h1-7,12-14,18H,8-11H2. The number of hydrogen-bond donors (Lipinski definition) is 0. The number of halogens is 3. The Kier molecular flexibility index (Phi) is 4.94. The van der Waals surface area contributed by atoms with Gasteiger partial charge in [0.25, 0.3) is 5.91 Å². The Morgan fingerprint density at radius 3 is 2.52 bits per heavy atom. The smallest absolute Gasteiger partial charge is 0.416 e. The fourth-order valence-electron chi connectivity index (χ4n) is 3.70. The van der Waals surface area contributed by atoms with Gasteiger partial charge in [-0.2, -0.15) is 13.2 Å². The highest BCUT2D eigenvalue weighted by molar-refractivity contribution is 6.16. The summed E-state index contributed by atoms with van der Waals surface area (Å²) in [5.74, 6) is -1.21. The molecule has 0 aromatic heterocycles. The summed E-state index contributed by atoms with van der Waals surface area (Å²) in [4.78, 5) is 28.4. The number of piperazine rings is 1. The summed E-state index contributed by atoms with van der Waals surface area (Å²) in [6.45, 7) is 1.38. The van der Waals surface area contributed by atoms with Crippen LogP contribution in [0.1, 0.15) is 5.56 Å². The predicted octanol–water partition coefficient (Wildman–Crippen LogP) is 2.95. The number of rotatable bonds is 2. The fourth-order valence-corrected chi connectivity index (χ4v) is 3.70. The third-order valence-corrected chi connectivity index (χ3v) is 5.28. The molecule has 1 saturated heterocycles. The van der Waals surface area contributed by atoms with Crippen LogP contribution in [0.3, 0.4) is 0 Å². The Hall–Kier alpha value is -3.03. The molecule has 0 saturated carbocycles. The third-order valence-electron chi connectivity index (χ3n) is 5.28. The second kappa shape index (κ2) is 7.42. The molecule has 4 rings (SSSR count). The van der Waals surface area contributed by atoms with Crippen molar-refractivity contribution in [3.05, 3.63) is 65.8 Å². The van der Waals surface area contributed by atoms with E-state index in [0.717, 1.165) is 12.1 Å². The number of ether oxygens (including phenoxy) is 1. The molecule has 1 aromatic carbocycles. The van der Waals surface area contributed by atoms with Gasteiger partial charge in [0.1, 0.15) is 11.7 Å². The first-order valence-corrected chi connectivity index (χ1v) is 9.32. The first kappa shape index (κ1) is 19.3. The molecular weight excluding hydrogens is 385 g/mol. The van der Waals surface area contributed by atoms with Crippen molar-refractivity contribution >= 4 is 17.6 Å². The molecule has 152 valence electrons. The van der Waals surface area contributed by atoms with Gasteiger partial charge in [0, 0.05) is 37.8 Å². The molecule has 0 radical (unpaired) electrons. The van der Waals surface area contributed by atoms with Crippen molar-refractivity contribution in [1.29, 1.82) is 0 Å². The van der Waals surface area contributed by atoms with Crippen molar-refractivity contribution in [2.75, 3.05) is 31.1 Å². The van der Waals surface area contributed by atoms with Gasteiger partial charge in [-0.15, -0.1) is 0 Å². The van der Waals surface area contributed by atoms with Crippen LogP contribution >= 0.6 is 0 Å². The van der Waals surface area contributed by atoms with Crippen molar-refractivity contribution in [3.8, 4) is 0 Å². The summed E-state index contributed by atoms with van der Waals surface area (Å²) in [5.41, 5.74) is -0.225. The van der Waals surface area contributed by atoms with Crippen molar-refractivity contribution in [2.45, 2.75) is 12.3 Å². The molecule has 3 aliphatic rings. The van der Waals surface area contributed by atoms with E-state index in [1.54, 1.807) is 34.1 Å². The summed E-state index contributed by atoms with van der Waals surface area (Å²) in [6, 6.07) is 5.14. The SMILES string of the molecule is O=C1OC2C=CC=CC2C=C1C(=O)N1CCN(c2cccc(C(F)(F)F)c2)CC1. The number of carbonyl (C=O) groups excluding carboxylic acids is 2. The van der Waals surface area contributed by atoms with Gasteiger partial charge in [-0.05, 0) is 24.3 Å². The number of carbonyl (C=O) groups is 2. The Morgan fingerprint density at radius 1 is 1.07 bits per heavy atom. The minimum atomic E-state index is -4.40. The van der Waals surface area contributed by atoms with Gasteiger partial charge in [-0.1, -0.05) is 30.4 Å². The lowest BCUT2D eigenvalue weighted by atomic mass is 9.92. The van der Waals surface area contributed by atoms with Crippen LogP contribution in [0.25, 0.3) is 0 Å². The average Bonchev–Trinajstić information content (AvgIpc) is 2.72. The van der Waals surface area contributed by atoms with Crippen LogP contribution in [-0.4, -0.2) is 49.1 Å². The normalized spacial score (nSPS) is 24.1. The van der Waals surface area contributed by atoms with E-state index in [1.807, 2.05) is 12.2 Å². The molecule has 1 fully saturated rings. The molecule has 1 amide bonds. The Morgan fingerprint density at radius 2 is 1.79 bits per heavy atom. The zero-order valence-corrected chi connectivity index (χ0v) is 15.4. The minimum Gasteiger partial charge on any atom is -0.453 e. The molecule has 0 bridgehead atoms. The summed E-state index contributed by atoms with van der Waals surface area (Å²) in [7, 11) is 0. The van der Waals surface area contributed by atoms with Gasteiger partial charge in [-0.3, -0.25) is 4.79 Å². The van der Waals surface area contributed by atoms with E-state index in [4.69, 9.17) is 4.74 Å². The number of esters is 1. The summed E-state index contributed by atoms with van der Waals surface area (Å²) in [6.07, 6.45) is 4.13. The van der Waals surface area contributed by atoms with E-state index in [0.29, 0.717) is 31.9 Å². The van der Waals surface area contributed by atoms with E-state index in [9.17, 15) is 22.8 Å². The third kappa shape index (κ3) is 3.92. The fraction of sp³-hybridized carbons (Fsp3) is 0.333. The molecule has 1 aromatic rings. The van der Waals surface area contributed by atoms with Gasteiger partial charge in [-0.25, -0.2) is 4.79 Å². The highest BCUT2D eigenvalue weighted by Gasteiger charge is 2.36. The lowest BCUT2D eigenvalue weighted by Crippen LogP contribution is -2.50. The molecule has 8 heteroatoms. The minimum absolute atomic E-state index is 0.0127. The summed E-state index contributed by atoms with van der Waals surface area (Å²) < 4.78 is 44.1. The first-order valence-electron chi connectivity index (χ1n) is 9.32. The molecule has 29 heavy (non-hydrogen) atoms. The van der Waals surface area contributed by atoms with E-state index < -0.39 is 23.6 Å². The van der Waals surface area contributed by atoms with Crippen molar-refractivity contribution < 1.29 is 27.5 Å². The number of anilines is 1. The zero-order valence-electron chi connectivity index (χ0n) is 15.4. The Labute approximate surface area is 165 Å². The maximum Gasteiger partial charge on any atom is 0.416 e. The molecule has 5 nitrogen and oxygen atoms in total. The number of allylic oxidation sites excluding steroid dienone is 2. The summed E-state index contributed by atoms with van der Waals surface area (Å²) >= 11 is 0. The lowest BCUT2D eigenvalue weighted by Gasteiger charge is -2.37. The number of nitrogens with zero attached hydrogens (tertiary/aromatic N) is 2. The van der Waals surface area contributed by atoms with Crippen LogP contribution in [-0.2, 0) is 20.5 Å². The second-order valence-corrected chi connectivity index (χ2v) is 7.12. The van der Waals surface area contributed by atoms with Crippen LogP contribution in [0.2, 0.25) is 0 Å². The lowest BCUT2D eigenvalue weighted by molar-refractivity contribution is -0.147. The molecule has 2 aliphatic heterocycles. The number of alkyl halides is 3. The highest BCUT2D eigenvalue weighted by atomic mass is 19.4. The van der Waals surface area contributed by atoms with Crippen molar-refractivity contribution in [3.63, 3.8) is 0 Å². The zero-order chi connectivity index (χ0) is 20.6.